The maximum Gasteiger partial charge on any atom is 0.194 e. The lowest BCUT2D eigenvalue weighted by molar-refractivity contribution is 0.115. The van der Waals surface area contributed by atoms with E-state index < -0.39 is 0 Å². The van der Waals surface area contributed by atoms with Crippen LogP contribution in [-0.4, -0.2) is 65.5 Å². The summed E-state index contributed by atoms with van der Waals surface area (Å²) in [6, 6.07) is 3.73. The topological polar surface area (TPSA) is 64.6 Å². The standard InChI is InChI=1S/C20H33N3O4/c1-6-21-20(23(2)9-10-27-14-15-7-8-15)22-13-16-11-18(25-4)19(26-5)12-17(16)24-3/h11-12,15H,6-10,13-14H2,1-5H3,(H,21,22). The minimum Gasteiger partial charge on any atom is -0.496 e. The van der Waals surface area contributed by atoms with Crippen molar-refractivity contribution in [2.24, 2.45) is 10.9 Å². The molecular weight excluding hydrogens is 346 g/mol. The van der Waals surface area contributed by atoms with Crippen LogP contribution >= 0.6 is 0 Å². The van der Waals surface area contributed by atoms with E-state index >= 15 is 0 Å². The molecule has 2 rings (SSSR count). The Morgan fingerprint density at radius 1 is 1.11 bits per heavy atom. The molecule has 0 aromatic heterocycles. The van der Waals surface area contributed by atoms with Crippen molar-refractivity contribution in [1.29, 1.82) is 0 Å². The number of hydrogen-bond acceptors (Lipinski definition) is 5. The third-order valence-electron chi connectivity index (χ3n) is 4.50. The van der Waals surface area contributed by atoms with Crippen LogP contribution in [0.5, 0.6) is 17.2 Å². The molecule has 7 heteroatoms. The zero-order chi connectivity index (χ0) is 19.6. The largest absolute Gasteiger partial charge is 0.496 e. The van der Waals surface area contributed by atoms with E-state index in [2.05, 4.69) is 17.1 Å². The first-order valence-corrected chi connectivity index (χ1v) is 9.49. The van der Waals surface area contributed by atoms with Gasteiger partial charge in [0.05, 0.1) is 34.5 Å². The van der Waals surface area contributed by atoms with E-state index in [-0.39, 0.29) is 0 Å². The Bertz CT molecular complexity index is 617. The van der Waals surface area contributed by atoms with E-state index in [0.29, 0.717) is 24.7 Å². The molecule has 7 nitrogen and oxygen atoms in total. The van der Waals surface area contributed by atoms with Gasteiger partial charge >= 0.3 is 0 Å². The minimum absolute atomic E-state index is 0.471. The summed E-state index contributed by atoms with van der Waals surface area (Å²) in [5.74, 6) is 3.65. The van der Waals surface area contributed by atoms with Crippen molar-refractivity contribution in [2.45, 2.75) is 26.3 Å². The van der Waals surface area contributed by atoms with Crippen molar-refractivity contribution in [3.05, 3.63) is 17.7 Å². The molecule has 1 aliphatic rings. The van der Waals surface area contributed by atoms with Gasteiger partial charge in [0.25, 0.3) is 0 Å². The number of nitrogens with one attached hydrogen (secondary N) is 1. The number of likely N-dealkylation sites (N-methyl/N-ethyl adjacent to an activating group) is 1. The van der Waals surface area contributed by atoms with Crippen molar-refractivity contribution in [1.82, 2.24) is 10.2 Å². The van der Waals surface area contributed by atoms with Crippen LogP contribution in [0.2, 0.25) is 0 Å². The summed E-state index contributed by atoms with van der Waals surface area (Å²) >= 11 is 0. The fraction of sp³-hybridized carbons (Fsp3) is 0.650. The number of rotatable bonds is 11. The van der Waals surface area contributed by atoms with Gasteiger partial charge in [0.1, 0.15) is 5.75 Å². The Hall–Kier alpha value is -2.15. The van der Waals surface area contributed by atoms with E-state index in [9.17, 15) is 0 Å². The highest BCUT2D eigenvalue weighted by molar-refractivity contribution is 5.79. The summed E-state index contributed by atoms with van der Waals surface area (Å²) in [6.45, 7) is 5.71. The molecule has 1 aromatic rings. The van der Waals surface area contributed by atoms with Gasteiger partial charge in [-0.3, -0.25) is 0 Å². The van der Waals surface area contributed by atoms with Crippen LogP contribution in [-0.2, 0) is 11.3 Å². The van der Waals surface area contributed by atoms with Crippen molar-refractivity contribution in [3.63, 3.8) is 0 Å². The zero-order valence-corrected chi connectivity index (χ0v) is 17.2. The predicted molar refractivity (Wildman–Crippen MR) is 107 cm³/mol. The maximum atomic E-state index is 5.74. The summed E-state index contributed by atoms with van der Waals surface area (Å²) in [5, 5.41) is 3.33. The van der Waals surface area contributed by atoms with Gasteiger partial charge in [0.2, 0.25) is 0 Å². The fourth-order valence-electron chi connectivity index (χ4n) is 2.69. The van der Waals surface area contributed by atoms with Crippen LogP contribution in [0.1, 0.15) is 25.3 Å². The SMILES string of the molecule is CCNC(=NCc1cc(OC)c(OC)cc1OC)N(C)CCOCC1CC1. The number of aliphatic imine (C=N–C) groups is 1. The molecule has 1 aromatic carbocycles. The van der Waals surface area contributed by atoms with Crippen molar-refractivity contribution < 1.29 is 18.9 Å². The lowest BCUT2D eigenvalue weighted by atomic mass is 10.1. The lowest BCUT2D eigenvalue weighted by Gasteiger charge is -2.22. The first-order valence-electron chi connectivity index (χ1n) is 9.49. The molecule has 0 amide bonds. The van der Waals surface area contributed by atoms with Gasteiger partial charge in [-0.15, -0.1) is 0 Å². The number of methoxy groups -OCH3 is 3. The van der Waals surface area contributed by atoms with Crippen LogP contribution in [0.4, 0.5) is 0 Å². The Kier molecular flexibility index (Phi) is 8.51. The van der Waals surface area contributed by atoms with E-state index in [1.54, 1.807) is 21.3 Å². The second-order valence-electron chi connectivity index (χ2n) is 6.63. The molecule has 0 bridgehead atoms. The van der Waals surface area contributed by atoms with Gasteiger partial charge in [-0.2, -0.15) is 0 Å². The molecule has 152 valence electrons. The van der Waals surface area contributed by atoms with Gasteiger partial charge in [-0.25, -0.2) is 4.99 Å². The highest BCUT2D eigenvalue weighted by atomic mass is 16.5. The van der Waals surface area contributed by atoms with Crippen molar-refractivity contribution >= 4 is 5.96 Å². The van der Waals surface area contributed by atoms with E-state index in [0.717, 1.165) is 42.9 Å². The van der Waals surface area contributed by atoms with Gasteiger partial charge in [0, 0.05) is 38.4 Å². The second-order valence-corrected chi connectivity index (χ2v) is 6.63. The lowest BCUT2D eigenvalue weighted by Crippen LogP contribution is -2.40. The summed E-state index contributed by atoms with van der Waals surface area (Å²) in [5.41, 5.74) is 0.934. The average Bonchev–Trinajstić information content (AvgIpc) is 3.51. The van der Waals surface area contributed by atoms with Gasteiger partial charge in [-0.05, 0) is 31.7 Å². The van der Waals surface area contributed by atoms with E-state index in [1.165, 1.54) is 12.8 Å². The zero-order valence-electron chi connectivity index (χ0n) is 17.2. The molecule has 27 heavy (non-hydrogen) atoms. The second kappa shape index (κ2) is 10.9. The molecule has 0 aliphatic heterocycles. The smallest absolute Gasteiger partial charge is 0.194 e. The molecule has 1 saturated carbocycles. The summed E-state index contributed by atoms with van der Waals surface area (Å²) < 4.78 is 22.0. The van der Waals surface area contributed by atoms with Crippen LogP contribution in [0.3, 0.4) is 0 Å². The molecule has 0 heterocycles. The Morgan fingerprint density at radius 3 is 2.37 bits per heavy atom. The van der Waals surface area contributed by atoms with Gasteiger partial charge in [-0.1, -0.05) is 0 Å². The van der Waals surface area contributed by atoms with Crippen LogP contribution < -0.4 is 19.5 Å². The van der Waals surface area contributed by atoms with Gasteiger partial charge < -0.3 is 29.2 Å². The maximum absolute atomic E-state index is 5.74. The normalized spacial score (nSPS) is 14.0. The number of hydrogen-bond donors (Lipinski definition) is 1. The molecule has 1 fully saturated rings. The molecule has 0 spiro atoms. The van der Waals surface area contributed by atoms with Crippen LogP contribution in [0, 0.1) is 5.92 Å². The fourth-order valence-corrected chi connectivity index (χ4v) is 2.69. The van der Waals surface area contributed by atoms with Crippen molar-refractivity contribution in [3.8, 4) is 17.2 Å². The van der Waals surface area contributed by atoms with E-state index in [1.807, 2.05) is 19.2 Å². The predicted octanol–water partition coefficient (Wildman–Crippen LogP) is 2.54. The molecule has 0 unspecified atom stereocenters. The average molecular weight is 380 g/mol. The third-order valence-corrected chi connectivity index (χ3v) is 4.50. The third kappa shape index (κ3) is 6.50. The van der Waals surface area contributed by atoms with Gasteiger partial charge in [0.15, 0.2) is 17.5 Å². The molecular formula is C20H33N3O4. The van der Waals surface area contributed by atoms with Crippen LogP contribution in [0.15, 0.2) is 17.1 Å². The van der Waals surface area contributed by atoms with Crippen molar-refractivity contribution in [2.75, 3.05) is 54.7 Å². The summed E-state index contributed by atoms with van der Waals surface area (Å²) in [4.78, 5) is 6.84. The number of nitrogens with zero attached hydrogens (tertiary/aromatic N) is 2. The van der Waals surface area contributed by atoms with E-state index in [4.69, 9.17) is 23.9 Å². The molecule has 0 radical (unpaired) electrons. The first-order chi connectivity index (χ1) is 13.1. The minimum atomic E-state index is 0.471. The summed E-state index contributed by atoms with van der Waals surface area (Å²) in [7, 11) is 6.90. The summed E-state index contributed by atoms with van der Waals surface area (Å²) in [6.07, 6.45) is 2.63. The highest BCUT2D eigenvalue weighted by Gasteiger charge is 2.21. The molecule has 0 atom stereocenters. The first kappa shape index (κ1) is 21.2. The number of ether oxygens (including phenoxy) is 4. The Morgan fingerprint density at radius 2 is 1.78 bits per heavy atom. The Labute approximate surface area is 162 Å². The number of benzene rings is 1. The van der Waals surface area contributed by atoms with Crippen LogP contribution in [0.25, 0.3) is 0 Å². The monoisotopic (exact) mass is 379 g/mol. The number of guanidine groups is 1. The highest BCUT2D eigenvalue weighted by Crippen LogP contribution is 2.35. The molecule has 0 saturated heterocycles. The molecule has 1 aliphatic carbocycles. The Balaban J connectivity index is 2.03. The quantitative estimate of drug-likeness (QED) is 0.362. The molecule has 1 N–H and O–H groups in total.